The SMILES string of the molecule is C[Si](C)(C)C=P([N-][Si](C)(C)C)(c1ccccc1)c1ccccc1. The molecule has 0 bridgehead atoms. The quantitative estimate of drug-likeness (QED) is 0.498. The highest BCUT2D eigenvalue weighted by Gasteiger charge is 2.21. The van der Waals surface area contributed by atoms with E-state index in [0.29, 0.717) is 0 Å². The summed E-state index contributed by atoms with van der Waals surface area (Å²) in [5, 5.41) is 2.80. The van der Waals surface area contributed by atoms with Gasteiger partial charge in [-0.25, -0.2) is 0 Å². The lowest BCUT2D eigenvalue weighted by molar-refractivity contribution is 1.73. The van der Waals surface area contributed by atoms with Gasteiger partial charge in [0.1, 0.15) is 0 Å². The molecule has 124 valence electrons. The van der Waals surface area contributed by atoms with Gasteiger partial charge in [0, 0.05) is 0 Å². The molecule has 1 nitrogen and oxygen atoms in total. The third-order valence-corrected chi connectivity index (χ3v) is 13.8. The molecule has 0 amide bonds. The van der Waals surface area contributed by atoms with Crippen molar-refractivity contribution in [2.75, 3.05) is 0 Å². The highest BCUT2D eigenvalue weighted by molar-refractivity contribution is 7.95. The largest absolute Gasteiger partial charge is 0.631 e. The van der Waals surface area contributed by atoms with Crippen molar-refractivity contribution in [2.24, 2.45) is 0 Å². The van der Waals surface area contributed by atoms with Crippen LogP contribution in [0.4, 0.5) is 0 Å². The van der Waals surface area contributed by atoms with Crippen molar-refractivity contribution in [3.8, 4) is 0 Å². The van der Waals surface area contributed by atoms with Crippen molar-refractivity contribution in [2.45, 2.75) is 39.3 Å². The Morgan fingerprint density at radius 3 is 1.39 bits per heavy atom. The Bertz CT molecular complexity index is 639. The van der Waals surface area contributed by atoms with Crippen LogP contribution in [-0.2, 0) is 0 Å². The van der Waals surface area contributed by atoms with E-state index >= 15 is 0 Å². The van der Waals surface area contributed by atoms with E-state index < -0.39 is 23.3 Å². The van der Waals surface area contributed by atoms with E-state index in [9.17, 15) is 0 Å². The lowest BCUT2D eigenvalue weighted by atomic mass is 10.4. The first-order valence-electron chi connectivity index (χ1n) is 8.24. The van der Waals surface area contributed by atoms with Crippen LogP contribution in [0, 0.1) is 0 Å². The molecule has 0 radical (unpaired) electrons. The summed E-state index contributed by atoms with van der Waals surface area (Å²) in [7, 11) is -4.82. The zero-order chi connectivity index (χ0) is 17.1. The second-order valence-corrected chi connectivity index (χ2v) is 21.4. The maximum atomic E-state index is 5.60. The monoisotopic (exact) mass is 358 g/mol. The molecular formula is C19H29NPSi2-. The normalized spacial score (nSPS) is 13.0. The molecule has 0 atom stereocenters. The van der Waals surface area contributed by atoms with Gasteiger partial charge in [0.05, 0.1) is 8.07 Å². The molecule has 0 heterocycles. The summed E-state index contributed by atoms with van der Waals surface area (Å²) >= 11 is 0. The highest BCUT2D eigenvalue weighted by Crippen LogP contribution is 2.54. The fourth-order valence-electron chi connectivity index (χ4n) is 2.79. The van der Waals surface area contributed by atoms with Gasteiger partial charge in [0.2, 0.25) is 0 Å². The van der Waals surface area contributed by atoms with Crippen LogP contribution >= 0.6 is 7.04 Å². The van der Waals surface area contributed by atoms with Crippen LogP contribution in [0.1, 0.15) is 0 Å². The van der Waals surface area contributed by atoms with Crippen LogP contribution < -0.4 is 10.6 Å². The fraction of sp³-hybridized carbons (Fsp3) is 0.316. The van der Waals surface area contributed by atoms with Gasteiger partial charge in [-0.2, -0.15) is 7.04 Å². The molecule has 4 heteroatoms. The van der Waals surface area contributed by atoms with Gasteiger partial charge in [-0.1, -0.05) is 108 Å². The van der Waals surface area contributed by atoms with Crippen LogP contribution in [0.5, 0.6) is 0 Å². The van der Waals surface area contributed by atoms with Crippen LogP contribution in [0.25, 0.3) is 4.75 Å². The van der Waals surface area contributed by atoms with Crippen molar-refractivity contribution >= 4 is 39.4 Å². The summed E-state index contributed by atoms with van der Waals surface area (Å²) in [5.74, 6) is 0. The van der Waals surface area contributed by atoms with Crippen LogP contribution in [-0.4, -0.2) is 21.7 Å². The molecule has 0 fully saturated rings. The Morgan fingerprint density at radius 2 is 1.09 bits per heavy atom. The Morgan fingerprint density at radius 1 is 0.696 bits per heavy atom. The molecule has 0 spiro atoms. The maximum absolute atomic E-state index is 5.60. The molecule has 0 unspecified atom stereocenters. The van der Waals surface area contributed by atoms with Crippen LogP contribution in [0.2, 0.25) is 39.3 Å². The number of benzene rings is 2. The first-order chi connectivity index (χ1) is 10.6. The Hall–Kier alpha value is -0.866. The van der Waals surface area contributed by atoms with Crippen molar-refractivity contribution in [1.29, 1.82) is 0 Å². The zero-order valence-corrected chi connectivity index (χ0v) is 18.1. The molecule has 0 saturated carbocycles. The minimum atomic E-state index is -1.82. The molecule has 0 saturated heterocycles. The van der Waals surface area contributed by atoms with Crippen molar-refractivity contribution in [3.63, 3.8) is 0 Å². The molecule has 0 aliphatic heterocycles. The average molecular weight is 359 g/mol. The Labute approximate surface area is 144 Å². The van der Waals surface area contributed by atoms with Crippen LogP contribution in [0.15, 0.2) is 60.7 Å². The number of hydrogen-bond acceptors (Lipinski definition) is 0. The summed E-state index contributed by atoms with van der Waals surface area (Å²) in [6, 6.07) is 22.0. The van der Waals surface area contributed by atoms with Crippen LogP contribution in [0.3, 0.4) is 0 Å². The second-order valence-electron chi connectivity index (χ2n) is 8.12. The smallest absolute Gasteiger partial charge is 0.0676 e. The molecule has 2 rings (SSSR count). The van der Waals surface area contributed by atoms with E-state index in [0.717, 1.165) is 0 Å². The van der Waals surface area contributed by atoms with Crippen molar-refractivity contribution in [3.05, 3.63) is 65.4 Å². The number of nitrogens with zero attached hydrogens (tertiary/aromatic N) is 1. The standard InChI is InChI=1S/C19H29NPSi2/c1-22(2,3)17-21(20-23(4,5)6,18-13-9-7-10-14-18)19-15-11-8-12-16-19/h7-17H,1-6H3/q-1. The summed E-state index contributed by atoms with van der Waals surface area (Å²) in [6.07, 6.45) is 0. The van der Waals surface area contributed by atoms with E-state index in [1.165, 1.54) is 10.6 Å². The van der Waals surface area contributed by atoms with E-state index in [2.05, 4.69) is 105 Å². The lowest BCUT2D eigenvalue weighted by Gasteiger charge is -2.50. The highest BCUT2D eigenvalue weighted by atomic mass is 31.2. The van der Waals surface area contributed by atoms with Gasteiger partial charge < -0.3 is 4.75 Å². The summed E-state index contributed by atoms with van der Waals surface area (Å²) in [4.78, 5) is 0. The predicted molar refractivity (Wildman–Crippen MR) is 115 cm³/mol. The van der Waals surface area contributed by atoms with E-state index in [1.54, 1.807) is 0 Å². The molecule has 2 aromatic carbocycles. The second kappa shape index (κ2) is 6.94. The predicted octanol–water partition coefficient (Wildman–Crippen LogP) is 5.46. The van der Waals surface area contributed by atoms with Gasteiger partial charge in [-0.3, -0.25) is 0 Å². The van der Waals surface area contributed by atoms with Gasteiger partial charge in [0.15, 0.2) is 0 Å². The first-order valence-corrected chi connectivity index (χ1v) is 17.1. The fourth-order valence-corrected chi connectivity index (χ4v) is 15.5. The molecule has 0 aromatic heterocycles. The molecule has 0 N–H and O–H groups in total. The molecular weight excluding hydrogens is 329 g/mol. The zero-order valence-electron chi connectivity index (χ0n) is 15.2. The molecule has 0 aliphatic rings. The third-order valence-electron chi connectivity index (χ3n) is 3.33. The number of rotatable bonds is 5. The van der Waals surface area contributed by atoms with Crippen molar-refractivity contribution < 1.29 is 0 Å². The molecule has 2 aromatic rings. The molecule has 23 heavy (non-hydrogen) atoms. The minimum absolute atomic E-state index is 1.40. The van der Waals surface area contributed by atoms with Crippen molar-refractivity contribution in [1.82, 2.24) is 0 Å². The van der Waals surface area contributed by atoms with E-state index in [-0.39, 0.29) is 0 Å². The van der Waals surface area contributed by atoms with Gasteiger partial charge in [-0.15, -0.1) is 5.42 Å². The maximum Gasteiger partial charge on any atom is 0.0676 e. The third kappa shape index (κ3) is 5.05. The van der Waals surface area contributed by atoms with Gasteiger partial charge >= 0.3 is 0 Å². The summed E-state index contributed by atoms with van der Waals surface area (Å²) in [6.45, 7) is 14.3. The summed E-state index contributed by atoms with van der Waals surface area (Å²) < 4.78 is 5.60. The topological polar surface area (TPSA) is 14.1 Å². The first kappa shape index (κ1) is 18.5. The van der Waals surface area contributed by atoms with E-state index in [4.69, 9.17) is 4.75 Å². The summed E-state index contributed by atoms with van der Waals surface area (Å²) in [5.41, 5.74) is 2.67. The van der Waals surface area contributed by atoms with E-state index in [1.807, 2.05) is 0 Å². The molecule has 0 aliphatic carbocycles. The number of hydrogen-bond donors (Lipinski definition) is 0. The average Bonchev–Trinajstić information content (AvgIpc) is 2.45. The van der Waals surface area contributed by atoms with Gasteiger partial charge in [0.25, 0.3) is 0 Å². The Kier molecular flexibility index (Phi) is 5.57. The lowest BCUT2D eigenvalue weighted by Crippen LogP contribution is -2.32. The minimum Gasteiger partial charge on any atom is -0.631 e. The Balaban J connectivity index is 2.82. The van der Waals surface area contributed by atoms with Gasteiger partial charge in [-0.05, 0) is 10.6 Å².